The molecular weight excluding hydrogens is 670 g/mol. The summed E-state index contributed by atoms with van der Waals surface area (Å²) in [4.78, 5) is 12.9. The van der Waals surface area contributed by atoms with E-state index in [1.165, 1.54) is 77.0 Å². The smallest absolute Gasteiger partial charge is 0.220 e. The lowest BCUT2D eigenvalue weighted by molar-refractivity contribution is -0.302. The summed E-state index contributed by atoms with van der Waals surface area (Å²) >= 11 is 0. The summed E-state index contributed by atoms with van der Waals surface area (Å²) in [6.07, 6.45) is 34.3. The van der Waals surface area contributed by atoms with Gasteiger partial charge in [-0.1, -0.05) is 166 Å². The van der Waals surface area contributed by atoms with E-state index in [0.29, 0.717) is 12.8 Å². The summed E-state index contributed by atoms with van der Waals surface area (Å²) in [5, 5.41) is 54.2. The third-order valence-electron chi connectivity index (χ3n) is 10.3. The Bertz CT molecular complexity index is 925. The second-order valence-corrected chi connectivity index (χ2v) is 15.1. The first-order chi connectivity index (χ1) is 25.8. The molecule has 0 saturated carbocycles. The molecule has 1 saturated heterocycles. The summed E-state index contributed by atoms with van der Waals surface area (Å²) < 4.78 is 11.2. The van der Waals surface area contributed by atoms with E-state index in [2.05, 4.69) is 55.6 Å². The summed E-state index contributed by atoms with van der Waals surface area (Å²) in [6.45, 7) is 3.70. The minimum absolute atomic E-state index is 0.145. The van der Waals surface area contributed by atoms with Gasteiger partial charge in [0.1, 0.15) is 24.4 Å². The fourth-order valence-electron chi connectivity index (χ4n) is 6.76. The number of carbonyl (C=O) groups excluding carboxylic acids is 1. The fraction of sp³-hybridized carbons (Fsp3) is 0.841. The third-order valence-corrected chi connectivity index (χ3v) is 10.3. The molecule has 9 heteroatoms. The quantitative estimate of drug-likeness (QED) is 0.0279. The van der Waals surface area contributed by atoms with Crippen LogP contribution in [0.4, 0.5) is 0 Å². The zero-order valence-corrected chi connectivity index (χ0v) is 33.8. The summed E-state index contributed by atoms with van der Waals surface area (Å²) in [5.41, 5.74) is 0. The number of rotatable bonds is 35. The zero-order chi connectivity index (χ0) is 38.8. The molecule has 7 atom stereocenters. The van der Waals surface area contributed by atoms with E-state index >= 15 is 0 Å². The number of nitrogens with one attached hydrogen (secondary N) is 1. The predicted octanol–water partition coefficient (Wildman–Crippen LogP) is 8.50. The molecule has 0 aromatic rings. The van der Waals surface area contributed by atoms with Crippen molar-refractivity contribution in [3.63, 3.8) is 0 Å². The first-order valence-electron chi connectivity index (χ1n) is 21.7. The van der Waals surface area contributed by atoms with Gasteiger partial charge in [0.25, 0.3) is 0 Å². The number of hydrogen-bond donors (Lipinski definition) is 6. The molecule has 1 aliphatic rings. The monoisotopic (exact) mass is 752 g/mol. The highest BCUT2D eigenvalue weighted by Crippen LogP contribution is 2.23. The summed E-state index contributed by atoms with van der Waals surface area (Å²) in [6, 6.07) is -0.726. The van der Waals surface area contributed by atoms with E-state index < -0.39 is 49.5 Å². The van der Waals surface area contributed by atoms with Crippen LogP contribution in [0.3, 0.4) is 0 Å². The van der Waals surface area contributed by atoms with Gasteiger partial charge in [-0.15, -0.1) is 0 Å². The topological polar surface area (TPSA) is 149 Å². The largest absolute Gasteiger partial charge is 0.394 e. The maximum Gasteiger partial charge on any atom is 0.220 e. The van der Waals surface area contributed by atoms with Gasteiger partial charge in [0.2, 0.25) is 5.91 Å². The maximum atomic E-state index is 12.9. The van der Waals surface area contributed by atoms with Gasteiger partial charge in [-0.05, 0) is 44.9 Å². The van der Waals surface area contributed by atoms with Crippen molar-refractivity contribution in [2.45, 2.75) is 224 Å². The van der Waals surface area contributed by atoms with Crippen LogP contribution >= 0.6 is 0 Å². The molecule has 0 radical (unpaired) electrons. The lowest BCUT2D eigenvalue weighted by Crippen LogP contribution is -2.60. The molecule has 9 nitrogen and oxygen atoms in total. The van der Waals surface area contributed by atoms with Gasteiger partial charge in [0.05, 0.1) is 25.4 Å². The Balaban J connectivity index is 2.38. The molecule has 1 fully saturated rings. The molecule has 1 rings (SSSR count). The molecule has 1 heterocycles. The SMILES string of the molecule is CC/C=C\C/C=C\C/C=C\CCCCCCCC(=O)NC(COC1OC(CO)C(O)C(O)C1O)C(O)CCCCCCCCCCCCCCCCC. The van der Waals surface area contributed by atoms with E-state index in [0.717, 1.165) is 77.0 Å². The Labute approximate surface area is 323 Å². The highest BCUT2D eigenvalue weighted by atomic mass is 16.7. The van der Waals surface area contributed by atoms with Crippen LogP contribution < -0.4 is 5.32 Å². The van der Waals surface area contributed by atoms with Crippen molar-refractivity contribution in [1.29, 1.82) is 0 Å². The second kappa shape index (κ2) is 34.9. The number of ether oxygens (including phenoxy) is 2. The average molecular weight is 752 g/mol. The fourth-order valence-corrected chi connectivity index (χ4v) is 6.76. The van der Waals surface area contributed by atoms with Crippen molar-refractivity contribution in [3.05, 3.63) is 36.5 Å². The Morgan fingerprint density at radius 1 is 0.660 bits per heavy atom. The van der Waals surface area contributed by atoms with Gasteiger partial charge in [0, 0.05) is 6.42 Å². The van der Waals surface area contributed by atoms with Crippen molar-refractivity contribution >= 4 is 5.91 Å². The second-order valence-electron chi connectivity index (χ2n) is 15.1. The van der Waals surface area contributed by atoms with Crippen molar-refractivity contribution in [3.8, 4) is 0 Å². The van der Waals surface area contributed by atoms with Gasteiger partial charge in [-0.3, -0.25) is 4.79 Å². The number of aliphatic hydroxyl groups is 5. The summed E-state index contributed by atoms with van der Waals surface area (Å²) in [7, 11) is 0. The van der Waals surface area contributed by atoms with Crippen molar-refractivity contribution in [1.82, 2.24) is 5.32 Å². The van der Waals surface area contributed by atoms with E-state index in [1.54, 1.807) is 0 Å². The minimum atomic E-state index is -1.56. The Hall–Kier alpha value is -1.59. The molecule has 0 aromatic carbocycles. The normalized spacial score (nSPS) is 22.0. The number of allylic oxidation sites excluding steroid dienone is 6. The molecule has 1 aliphatic heterocycles. The number of aliphatic hydroxyl groups excluding tert-OH is 5. The molecule has 7 unspecified atom stereocenters. The van der Waals surface area contributed by atoms with E-state index in [1.807, 2.05) is 0 Å². The van der Waals surface area contributed by atoms with Gasteiger partial charge in [-0.25, -0.2) is 0 Å². The van der Waals surface area contributed by atoms with Gasteiger partial charge in [0.15, 0.2) is 6.29 Å². The molecule has 1 amide bonds. The first-order valence-corrected chi connectivity index (χ1v) is 21.7. The number of amides is 1. The number of carbonyl (C=O) groups is 1. The Kier molecular flexibility index (Phi) is 32.5. The molecule has 0 aliphatic carbocycles. The van der Waals surface area contributed by atoms with Gasteiger partial charge < -0.3 is 40.3 Å². The molecule has 0 spiro atoms. The molecule has 0 bridgehead atoms. The van der Waals surface area contributed by atoms with Crippen LogP contribution in [-0.4, -0.2) is 87.5 Å². The molecule has 310 valence electrons. The van der Waals surface area contributed by atoms with E-state index in [9.17, 15) is 30.3 Å². The van der Waals surface area contributed by atoms with Crippen LogP contribution in [0.5, 0.6) is 0 Å². The highest BCUT2D eigenvalue weighted by Gasteiger charge is 2.44. The average Bonchev–Trinajstić information content (AvgIpc) is 3.16. The van der Waals surface area contributed by atoms with Crippen LogP contribution in [0, 0.1) is 0 Å². The Morgan fingerprint density at radius 3 is 1.74 bits per heavy atom. The van der Waals surface area contributed by atoms with E-state index in [4.69, 9.17) is 9.47 Å². The van der Waals surface area contributed by atoms with Crippen molar-refractivity contribution in [2.75, 3.05) is 13.2 Å². The standard InChI is InChI=1S/C44H81NO8/c1-3-5-7-9-11-13-15-17-19-21-23-25-27-29-31-33-38(47)37(36-52-44-43(51)42(50)41(49)39(35-46)53-44)45-40(48)34-32-30-28-26-24-22-20-18-16-14-12-10-8-6-4-2/h6,8,12,14,18,20,37-39,41-44,46-47,49-51H,3-5,7,9-11,13,15-17,19,21-36H2,1-2H3,(H,45,48)/b8-6-,14-12-,20-18-. The van der Waals surface area contributed by atoms with Crippen LogP contribution in [-0.2, 0) is 14.3 Å². The van der Waals surface area contributed by atoms with Gasteiger partial charge in [-0.2, -0.15) is 0 Å². The molecular formula is C44H81NO8. The summed E-state index contributed by atoms with van der Waals surface area (Å²) in [5.74, 6) is -0.163. The van der Waals surface area contributed by atoms with Gasteiger partial charge >= 0.3 is 0 Å². The van der Waals surface area contributed by atoms with E-state index in [-0.39, 0.29) is 12.5 Å². The van der Waals surface area contributed by atoms with Crippen LogP contribution in [0.15, 0.2) is 36.5 Å². The van der Waals surface area contributed by atoms with Crippen molar-refractivity contribution in [2.24, 2.45) is 0 Å². The number of hydrogen-bond acceptors (Lipinski definition) is 8. The molecule has 6 N–H and O–H groups in total. The zero-order valence-electron chi connectivity index (χ0n) is 33.8. The van der Waals surface area contributed by atoms with Crippen LogP contribution in [0.1, 0.15) is 181 Å². The van der Waals surface area contributed by atoms with Crippen LogP contribution in [0.2, 0.25) is 0 Å². The lowest BCUT2D eigenvalue weighted by atomic mass is 9.99. The van der Waals surface area contributed by atoms with Crippen molar-refractivity contribution < 1.29 is 39.8 Å². The lowest BCUT2D eigenvalue weighted by Gasteiger charge is -2.40. The maximum absolute atomic E-state index is 12.9. The Morgan fingerprint density at radius 2 is 1.17 bits per heavy atom. The highest BCUT2D eigenvalue weighted by molar-refractivity contribution is 5.76. The molecule has 0 aromatic heterocycles. The number of unbranched alkanes of at least 4 members (excludes halogenated alkanes) is 19. The minimum Gasteiger partial charge on any atom is -0.394 e. The molecule has 53 heavy (non-hydrogen) atoms. The predicted molar refractivity (Wildman–Crippen MR) is 216 cm³/mol. The first kappa shape index (κ1) is 49.4. The third kappa shape index (κ3) is 26.0. The van der Waals surface area contributed by atoms with Crippen LogP contribution in [0.25, 0.3) is 0 Å².